The number of aromatic nitrogens is 2. The first-order valence-corrected chi connectivity index (χ1v) is 5.34. The zero-order valence-electron chi connectivity index (χ0n) is 8.29. The second-order valence-electron chi connectivity index (χ2n) is 3.24. The van der Waals surface area contributed by atoms with E-state index in [1.165, 1.54) is 0 Å². The molecule has 17 heavy (non-hydrogen) atoms. The van der Waals surface area contributed by atoms with E-state index in [0.717, 1.165) is 10.7 Å². The molecule has 0 spiro atoms. The van der Waals surface area contributed by atoms with Crippen molar-refractivity contribution in [2.24, 2.45) is 0 Å². The smallest absolute Gasteiger partial charge is 0.233 e. The molecule has 1 aromatic heterocycles. The molecule has 2 aromatic rings. The number of nitrogens with zero attached hydrogens (tertiary/aromatic N) is 2. The van der Waals surface area contributed by atoms with Gasteiger partial charge in [0.15, 0.2) is 6.33 Å². The minimum Gasteiger partial charge on any atom is -0.233 e. The Hall–Kier alpha value is -1.43. The zero-order chi connectivity index (χ0) is 12.5. The molecular weight excluding hydrogens is 297 g/mol. The minimum atomic E-state index is -4.47. The van der Waals surface area contributed by atoms with Crippen LogP contribution in [0.15, 0.2) is 34.9 Å². The molecule has 0 fully saturated rings. The molecule has 0 aliphatic carbocycles. The van der Waals surface area contributed by atoms with Crippen molar-refractivity contribution in [3.63, 3.8) is 0 Å². The van der Waals surface area contributed by atoms with Gasteiger partial charge in [0, 0.05) is 16.2 Å². The summed E-state index contributed by atoms with van der Waals surface area (Å²) in [5.41, 5.74) is -0.655. The van der Waals surface area contributed by atoms with Crippen molar-refractivity contribution >= 4 is 15.9 Å². The van der Waals surface area contributed by atoms with Crippen LogP contribution in [0.1, 0.15) is 5.56 Å². The van der Waals surface area contributed by atoms with Crippen LogP contribution in [0.4, 0.5) is 13.2 Å². The lowest BCUT2D eigenvalue weighted by atomic mass is 10.1. The van der Waals surface area contributed by atoms with Crippen LogP contribution in [0, 0.1) is 6.33 Å². The Bertz CT molecular complexity index is 523. The third-order valence-corrected chi connectivity index (χ3v) is 2.62. The first kappa shape index (κ1) is 12.0. The summed E-state index contributed by atoms with van der Waals surface area (Å²) in [4.78, 5) is 6.86. The molecule has 0 N–H and O–H groups in total. The molecule has 2 nitrogen and oxygen atoms in total. The quantitative estimate of drug-likeness (QED) is 0.802. The van der Waals surface area contributed by atoms with Crippen molar-refractivity contribution in [2.45, 2.75) is 6.18 Å². The van der Waals surface area contributed by atoms with E-state index in [1.807, 2.05) is 0 Å². The molecule has 87 valence electrons. The lowest BCUT2D eigenvalue weighted by molar-refractivity contribution is -0.137. The average Bonchev–Trinajstić information content (AvgIpc) is 2.29. The maximum Gasteiger partial charge on any atom is 0.419 e. The van der Waals surface area contributed by atoms with Crippen LogP contribution in [0.2, 0.25) is 0 Å². The van der Waals surface area contributed by atoms with Gasteiger partial charge in [0.05, 0.1) is 5.69 Å². The van der Waals surface area contributed by atoms with Gasteiger partial charge in [-0.25, -0.2) is 9.97 Å². The molecule has 1 radical (unpaired) electrons. The van der Waals surface area contributed by atoms with Gasteiger partial charge < -0.3 is 0 Å². The van der Waals surface area contributed by atoms with Gasteiger partial charge in [-0.15, -0.1) is 0 Å². The fourth-order valence-corrected chi connectivity index (χ4v) is 1.59. The van der Waals surface area contributed by atoms with E-state index in [4.69, 9.17) is 0 Å². The van der Waals surface area contributed by atoms with Crippen LogP contribution in [0.25, 0.3) is 11.3 Å². The summed E-state index contributed by atoms with van der Waals surface area (Å²) >= 11 is 3.21. The van der Waals surface area contributed by atoms with Crippen LogP contribution >= 0.6 is 15.9 Å². The Labute approximate surface area is 104 Å². The topological polar surface area (TPSA) is 25.8 Å². The van der Waals surface area contributed by atoms with E-state index < -0.39 is 11.7 Å². The maximum absolute atomic E-state index is 12.7. The van der Waals surface area contributed by atoms with E-state index in [2.05, 4.69) is 32.2 Å². The lowest BCUT2D eigenvalue weighted by Crippen LogP contribution is -2.09. The van der Waals surface area contributed by atoms with Crippen molar-refractivity contribution in [2.75, 3.05) is 0 Å². The third kappa shape index (κ3) is 2.63. The fourth-order valence-electron chi connectivity index (χ4n) is 1.33. The summed E-state index contributed by atoms with van der Waals surface area (Å²) in [6.45, 7) is 0. The van der Waals surface area contributed by atoms with Crippen molar-refractivity contribution in [1.82, 2.24) is 9.97 Å². The number of rotatable bonds is 1. The largest absolute Gasteiger partial charge is 0.419 e. The van der Waals surface area contributed by atoms with Crippen molar-refractivity contribution < 1.29 is 13.2 Å². The first-order chi connectivity index (χ1) is 7.98. The van der Waals surface area contributed by atoms with Crippen LogP contribution in [0.5, 0.6) is 0 Å². The highest BCUT2D eigenvalue weighted by Gasteiger charge is 2.34. The molecule has 0 aliphatic heterocycles. The molecule has 1 aromatic carbocycles. The third-order valence-electron chi connectivity index (χ3n) is 2.09. The molecule has 0 unspecified atom stereocenters. The van der Waals surface area contributed by atoms with Gasteiger partial charge in [-0.05, 0) is 12.1 Å². The average molecular weight is 302 g/mol. The summed E-state index contributed by atoms with van der Waals surface area (Å²) in [5, 5.41) is 0. The van der Waals surface area contributed by atoms with Gasteiger partial charge in [0.1, 0.15) is 5.56 Å². The minimum absolute atomic E-state index is 0.167. The van der Waals surface area contributed by atoms with Gasteiger partial charge in [0.2, 0.25) is 0 Å². The molecule has 0 aliphatic rings. The van der Waals surface area contributed by atoms with Gasteiger partial charge in [-0.1, -0.05) is 28.1 Å². The molecule has 0 saturated carbocycles. The second-order valence-corrected chi connectivity index (χ2v) is 4.15. The predicted octanol–water partition coefficient (Wildman–Crippen LogP) is 3.73. The van der Waals surface area contributed by atoms with Gasteiger partial charge >= 0.3 is 6.18 Å². The highest BCUT2D eigenvalue weighted by Crippen LogP contribution is 2.35. The van der Waals surface area contributed by atoms with E-state index >= 15 is 0 Å². The highest BCUT2D eigenvalue weighted by molar-refractivity contribution is 9.10. The molecular formula is C11H5BrF3N2. The normalized spacial score (nSPS) is 11.5. The Balaban J connectivity index is 2.56. The number of alkyl halides is 3. The number of halogens is 4. The maximum atomic E-state index is 12.7. The molecule has 0 amide bonds. The van der Waals surface area contributed by atoms with Crippen LogP contribution in [-0.2, 0) is 6.18 Å². The highest BCUT2D eigenvalue weighted by atomic mass is 79.9. The molecule has 6 heteroatoms. The molecule has 0 saturated heterocycles. The van der Waals surface area contributed by atoms with Crippen LogP contribution in [-0.4, -0.2) is 9.97 Å². The van der Waals surface area contributed by atoms with Gasteiger partial charge in [-0.2, -0.15) is 13.2 Å². The zero-order valence-corrected chi connectivity index (χ0v) is 9.88. The van der Waals surface area contributed by atoms with E-state index in [1.54, 1.807) is 24.3 Å². The van der Waals surface area contributed by atoms with Crippen molar-refractivity contribution in [3.05, 3.63) is 46.8 Å². The van der Waals surface area contributed by atoms with Gasteiger partial charge in [0.25, 0.3) is 0 Å². The van der Waals surface area contributed by atoms with Crippen molar-refractivity contribution in [1.29, 1.82) is 0 Å². The fraction of sp³-hybridized carbons (Fsp3) is 0.0909. The first-order valence-electron chi connectivity index (χ1n) is 4.54. The molecule has 0 bridgehead atoms. The van der Waals surface area contributed by atoms with E-state index in [-0.39, 0.29) is 5.69 Å². The van der Waals surface area contributed by atoms with Gasteiger partial charge in [-0.3, -0.25) is 0 Å². The Kier molecular flexibility index (Phi) is 3.15. The van der Waals surface area contributed by atoms with Crippen molar-refractivity contribution in [3.8, 4) is 11.3 Å². The summed E-state index contributed by atoms with van der Waals surface area (Å²) in [6, 6.07) is 6.40. The van der Waals surface area contributed by atoms with Crippen LogP contribution < -0.4 is 0 Å². The number of benzene rings is 1. The summed E-state index contributed by atoms with van der Waals surface area (Å²) in [6.07, 6.45) is -1.57. The number of hydrogen-bond donors (Lipinski definition) is 0. The number of hydrogen-bond acceptors (Lipinski definition) is 2. The van der Waals surface area contributed by atoms with Crippen LogP contribution in [0.3, 0.4) is 0 Å². The molecule has 1 heterocycles. The summed E-state index contributed by atoms with van der Waals surface area (Å²) in [7, 11) is 0. The lowest BCUT2D eigenvalue weighted by Gasteiger charge is -2.10. The Morgan fingerprint density at radius 1 is 1.12 bits per heavy atom. The standard InChI is InChI=1S/C11H5BrF3N2/c12-8-3-1-7(2-4-8)10-9(11(13,14)15)5-16-6-17-10/h1-5H. The SMILES string of the molecule is FC(F)(F)c1cn[c]nc1-c1ccc(Br)cc1. The molecule has 2 rings (SSSR count). The predicted molar refractivity (Wildman–Crippen MR) is 59.0 cm³/mol. The Morgan fingerprint density at radius 3 is 2.35 bits per heavy atom. The summed E-state index contributed by atoms with van der Waals surface area (Å²) in [5.74, 6) is 0. The second kappa shape index (κ2) is 4.44. The van der Waals surface area contributed by atoms with E-state index in [9.17, 15) is 13.2 Å². The molecule has 0 atom stereocenters. The Morgan fingerprint density at radius 2 is 1.76 bits per heavy atom. The summed E-state index contributed by atoms with van der Waals surface area (Å²) < 4.78 is 38.9. The monoisotopic (exact) mass is 301 g/mol. The van der Waals surface area contributed by atoms with E-state index in [0.29, 0.717) is 5.56 Å².